The summed E-state index contributed by atoms with van der Waals surface area (Å²) in [6.45, 7) is 0.430. The summed E-state index contributed by atoms with van der Waals surface area (Å²) >= 11 is 1.52. The van der Waals surface area contributed by atoms with Crippen LogP contribution in [0.25, 0.3) is 10.1 Å². The van der Waals surface area contributed by atoms with Crippen LogP contribution >= 0.6 is 11.3 Å². The molecule has 1 heterocycles. The average Bonchev–Trinajstić information content (AvgIpc) is 2.95. The maximum Gasteiger partial charge on any atom is 0.335 e. The van der Waals surface area contributed by atoms with Gasteiger partial charge in [-0.3, -0.25) is 0 Å². The minimum atomic E-state index is -0.913. The fraction of sp³-hybridized carbons (Fsp3) is 0.118. The van der Waals surface area contributed by atoms with Crippen molar-refractivity contribution in [1.82, 2.24) is 0 Å². The van der Waals surface area contributed by atoms with Crippen LogP contribution in [0.3, 0.4) is 0 Å². The SMILES string of the molecule is COc1cccc(OCc2csc3cc(C(=O)O)ccc23)c1. The molecular formula is C17H14O4S. The minimum Gasteiger partial charge on any atom is -0.497 e. The number of aromatic carboxylic acids is 1. The van der Waals surface area contributed by atoms with E-state index in [9.17, 15) is 4.79 Å². The second-order valence-electron chi connectivity index (χ2n) is 4.74. The van der Waals surface area contributed by atoms with E-state index >= 15 is 0 Å². The Balaban J connectivity index is 1.80. The first kappa shape index (κ1) is 14.4. The number of carboxylic acid groups (broad SMARTS) is 1. The Morgan fingerprint density at radius 3 is 2.77 bits per heavy atom. The molecule has 3 rings (SSSR count). The summed E-state index contributed by atoms with van der Waals surface area (Å²) in [5.41, 5.74) is 1.34. The van der Waals surface area contributed by atoms with Crippen LogP contribution in [-0.4, -0.2) is 18.2 Å². The molecule has 22 heavy (non-hydrogen) atoms. The largest absolute Gasteiger partial charge is 0.497 e. The van der Waals surface area contributed by atoms with Crippen LogP contribution < -0.4 is 9.47 Å². The lowest BCUT2D eigenvalue weighted by molar-refractivity contribution is 0.0697. The van der Waals surface area contributed by atoms with E-state index in [0.717, 1.165) is 27.1 Å². The van der Waals surface area contributed by atoms with Crippen LogP contribution in [0.4, 0.5) is 0 Å². The van der Waals surface area contributed by atoms with Gasteiger partial charge in [-0.1, -0.05) is 12.1 Å². The second kappa shape index (κ2) is 6.07. The first-order valence-electron chi connectivity index (χ1n) is 6.67. The number of fused-ring (bicyclic) bond motifs is 1. The van der Waals surface area contributed by atoms with Gasteiger partial charge >= 0.3 is 5.97 Å². The smallest absolute Gasteiger partial charge is 0.335 e. The van der Waals surface area contributed by atoms with Crippen LogP contribution in [0.2, 0.25) is 0 Å². The molecule has 0 spiro atoms. The molecule has 0 saturated heterocycles. The van der Waals surface area contributed by atoms with Crippen molar-refractivity contribution in [2.24, 2.45) is 0 Å². The predicted octanol–water partition coefficient (Wildman–Crippen LogP) is 4.19. The number of methoxy groups -OCH3 is 1. The highest BCUT2D eigenvalue weighted by Crippen LogP contribution is 2.28. The van der Waals surface area contributed by atoms with Gasteiger partial charge in [0.15, 0.2) is 0 Å². The summed E-state index contributed by atoms with van der Waals surface area (Å²) < 4.78 is 11.9. The molecule has 0 fully saturated rings. The summed E-state index contributed by atoms with van der Waals surface area (Å²) in [6, 6.07) is 12.6. The van der Waals surface area contributed by atoms with Crippen LogP contribution in [-0.2, 0) is 6.61 Å². The molecule has 0 aliphatic heterocycles. The maximum atomic E-state index is 11.0. The van der Waals surface area contributed by atoms with Crippen LogP contribution in [0, 0.1) is 0 Å². The fourth-order valence-corrected chi connectivity index (χ4v) is 3.17. The second-order valence-corrected chi connectivity index (χ2v) is 5.66. The summed E-state index contributed by atoms with van der Waals surface area (Å²) in [4.78, 5) is 11.0. The Kier molecular flexibility index (Phi) is 3.98. The number of thiophene rings is 1. The highest BCUT2D eigenvalue weighted by molar-refractivity contribution is 7.17. The molecule has 1 N–H and O–H groups in total. The monoisotopic (exact) mass is 314 g/mol. The number of carbonyl (C=O) groups is 1. The Morgan fingerprint density at radius 2 is 2.00 bits per heavy atom. The number of benzene rings is 2. The van der Waals surface area contributed by atoms with Crippen molar-refractivity contribution in [1.29, 1.82) is 0 Å². The first-order valence-corrected chi connectivity index (χ1v) is 7.55. The van der Waals surface area contributed by atoms with E-state index < -0.39 is 5.97 Å². The van der Waals surface area contributed by atoms with Crippen molar-refractivity contribution >= 4 is 27.4 Å². The van der Waals surface area contributed by atoms with E-state index in [4.69, 9.17) is 14.6 Å². The molecule has 0 bridgehead atoms. The zero-order valence-electron chi connectivity index (χ0n) is 11.9. The van der Waals surface area contributed by atoms with Crippen molar-refractivity contribution in [3.63, 3.8) is 0 Å². The molecule has 0 aliphatic rings. The van der Waals surface area contributed by atoms with Gasteiger partial charge in [-0.25, -0.2) is 4.79 Å². The third-order valence-corrected chi connectivity index (χ3v) is 4.33. The summed E-state index contributed by atoms with van der Waals surface area (Å²) in [5.74, 6) is 0.573. The van der Waals surface area contributed by atoms with Crippen molar-refractivity contribution in [3.05, 3.63) is 59.0 Å². The number of ether oxygens (including phenoxy) is 2. The van der Waals surface area contributed by atoms with Crippen LogP contribution in [0.1, 0.15) is 15.9 Å². The quantitative estimate of drug-likeness (QED) is 0.767. The maximum absolute atomic E-state index is 11.0. The molecule has 5 heteroatoms. The van der Waals surface area contributed by atoms with E-state index in [0.29, 0.717) is 12.2 Å². The van der Waals surface area contributed by atoms with E-state index in [1.165, 1.54) is 11.3 Å². The molecule has 2 aromatic carbocycles. The molecule has 112 valence electrons. The summed E-state index contributed by atoms with van der Waals surface area (Å²) in [6.07, 6.45) is 0. The molecule has 0 radical (unpaired) electrons. The molecule has 0 atom stereocenters. The Bertz CT molecular complexity index is 822. The van der Waals surface area contributed by atoms with Gasteiger partial charge in [0.1, 0.15) is 18.1 Å². The van der Waals surface area contributed by atoms with E-state index in [-0.39, 0.29) is 0 Å². The van der Waals surface area contributed by atoms with E-state index in [1.807, 2.05) is 35.7 Å². The van der Waals surface area contributed by atoms with Crippen molar-refractivity contribution in [3.8, 4) is 11.5 Å². The summed E-state index contributed by atoms with van der Waals surface area (Å²) in [7, 11) is 1.62. The third kappa shape index (κ3) is 2.89. The summed E-state index contributed by atoms with van der Waals surface area (Å²) in [5, 5.41) is 12.0. The topological polar surface area (TPSA) is 55.8 Å². The van der Waals surface area contributed by atoms with Gasteiger partial charge in [0.05, 0.1) is 12.7 Å². The number of hydrogen-bond donors (Lipinski definition) is 1. The van der Waals surface area contributed by atoms with Crippen molar-refractivity contribution < 1.29 is 19.4 Å². The third-order valence-electron chi connectivity index (χ3n) is 3.34. The van der Waals surface area contributed by atoms with Gasteiger partial charge < -0.3 is 14.6 Å². The van der Waals surface area contributed by atoms with Crippen molar-refractivity contribution in [2.75, 3.05) is 7.11 Å². The fourth-order valence-electron chi connectivity index (χ4n) is 2.18. The number of hydrogen-bond acceptors (Lipinski definition) is 4. The van der Waals surface area contributed by atoms with Gasteiger partial charge in [-0.05, 0) is 35.0 Å². The van der Waals surface area contributed by atoms with Crippen molar-refractivity contribution in [2.45, 2.75) is 6.61 Å². The van der Waals surface area contributed by atoms with Gasteiger partial charge in [0.25, 0.3) is 0 Å². The standard InChI is InChI=1S/C17H14O4S/c1-20-13-3-2-4-14(8-13)21-9-12-10-22-16-7-11(17(18)19)5-6-15(12)16/h2-8,10H,9H2,1H3,(H,18,19). The zero-order valence-corrected chi connectivity index (χ0v) is 12.7. The molecule has 4 nitrogen and oxygen atoms in total. The van der Waals surface area contributed by atoms with Gasteiger partial charge in [0.2, 0.25) is 0 Å². The molecule has 0 aliphatic carbocycles. The van der Waals surface area contributed by atoms with E-state index in [1.54, 1.807) is 19.2 Å². The lowest BCUT2D eigenvalue weighted by Gasteiger charge is -2.07. The molecule has 0 amide bonds. The Labute approximate surface area is 131 Å². The average molecular weight is 314 g/mol. The molecule has 0 unspecified atom stereocenters. The number of rotatable bonds is 5. The van der Waals surface area contributed by atoms with Crippen LogP contribution in [0.5, 0.6) is 11.5 Å². The van der Waals surface area contributed by atoms with Gasteiger partial charge in [-0.15, -0.1) is 11.3 Å². The lowest BCUT2D eigenvalue weighted by atomic mass is 10.1. The minimum absolute atomic E-state index is 0.301. The first-order chi connectivity index (χ1) is 10.7. The van der Waals surface area contributed by atoms with Gasteiger partial charge in [0, 0.05) is 16.3 Å². The Hall–Kier alpha value is -2.53. The molecule has 0 saturated carbocycles. The Morgan fingerprint density at radius 1 is 1.18 bits per heavy atom. The zero-order chi connectivity index (χ0) is 15.5. The van der Waals surface area contributed by atoms with Crippen LogP contribution in [0.15, 0.2) is 47.8 Å². The lowest BCUT2D eigenvalue weighted by Crippen LogP contribution is -1.96. The van der Waals surface area contributed by atoms with E-state index in [2.05, 4.69) is 0 Å². The highest BCUT2D eigenvalue weighted by atomic mass is 32.1. The normalized spacial score (nSPS) is 10.6. The molecule has 3 aromatic rings. The highest BCUT2D eigenvalue weighted by Gasteiger charge is 2.09. The molecule has 1 aromatic heterocycles. The number of carboxylic acids is 1. The van der Waals surface area contributed by atoms with Gasteiger partial charge in [-0.2, -0.15) is 0 Å². The molecular weight excluding hydrogens is 300 g/mol. The predicted molar refractivity (Wildman–Crippen MR) is 86.1 cm³/mol.